The molecule has 0 aromatic rings. The van der Waals surface area contributed by atoms with Crippen LogP contribution in [0, 0.1) is 11.3 Å². The molecule has 1 N–H and O–H groups in total. The highest BCUT2D eigenvalue weighted by atomic mass is 32.2. The summed E-state index contributed by atoms with van der Waals surface area (Å²) in [7, 11) is 1.60. The van der Waals surface area contributed by atoms with Gasteiger partial charge in [0.15, 0.2) is 0 Å². The Balaban J connectivity index is 2.81. The molecule has 7 heteroatoms. The quantitative estimate of drug-likeness (QED) is 0.833. The second-order valence-electron chi connectivity index (χ2n) is 4.30. The Labute approximate surface area is 111 Å². The van der Waals surface area contributed by atoms with E-state index < -0.39 is 12.0 Å². The third-order valence-corrected chi connectivity index (χ3v) is 4.30. The first-order valence-electron chi connectivity index (χ1n) is 5.66. The molecule has 0 bridgehead atoms. The summed E-state index contributed by atoms with van der Waals surface area (Å²) >= 11 is 1.45. The molecule has 1 heterocycles. The van der Waals surface area contributed by atoms with Crippen LogP contribution in [0.25, 0.3) is 0 Å². The molecule has 0 aliphatic carbocycles. The summed E-state index contributed by atoms with van der Waals surface area (Å²) in [6.07, 6.45) is 0.231. The van der Waals surface area contributed by atoms with E-state index >= 15 is 0 Å². The summed E-state index contributed by atoms with van der Waals surface area (Å²) in [6, 6.07) is 0.664. The van der Waals surface area contributed by atoms with E-state index in [-0.39, 0.29) is 23.9 Å². The summed E-state index contributed by atoms with van der Waals surface area (Å²) in [4.78, 5) is 26.2. The van der Waals surface area contributed by atoms with Crippen molar-refractivity contribution in [2.24, 2.45) is 0 Å². The SMILES string of the molecule is CC(CC#N)N(C)C(=O)N1C(C)SCC1C(=O)O. The number of nitriles is 1. The zero-order valence-corrected chi connectivity index (χ0v) is 11.5. The average molecular weight is 271 g/mol. The topological polar surface area (TPSA) is 84.6 Å². The largest absolute Gasteiger partial charge is 0.480 e. The maximum atomic E-state index is 12.3. The Bertz CT molecular complexity index is 382. The predicted octanol–water partition coefficient (Wildman–Crippen LogP) is 1.19. The van der Waals surface area contributed by atoms with E-state index in [4.69, 9.17) is 10.4 Å². The van der Waals surface area contributed by atoms with Crippen LogP contribution in [0.15, 0.2) is 0 Å². The monoisotopic (exact) mass is 271 g/mol. The first kappa shape index (κ1) is 14.6. The van der Waals surface area contributed by atoms with Gasteiger partial charge in [0.2, 0.25) is 0 Å². The van der Waals surface area contributed by atoms with Crippen LogP contribution in [-0.2, 0) is 4.79 Å². The zero-order chi connectivity index (χ0) is 13.9. The highest BCUT2D eigenvalue weighted by Gasteiger charge is 2.41. The van der Waals surface area contributed by atoms with E-state index in [1.165, 1.54) is 21.6 Å². The normalized spacial score (nSPS) is 24.4. The minimum Gasteiger partial charge on any atom is -0.480 e. The molecular formula is C11H17N3O3S. The van der Waals surface area contributed by atoms with Crippen molar-refractivity contribution in [3.8, 4) is 6.07 Å². The molecule has 0 radical (unpaired) electrons. The van der Waals surface area contributed by atoms with Crippen LogP contribution in [0.5, 0.6) is 0 Å². The van der Waals surface area contributed by atoms with E-state index in [0.29, 0.717) is 5.75 Å². The van der Waals surface area contributed by atoms with Crippen LogP contribution in [0.4, 0.5) is 4.79 Å². The summed E-state index contributed by atoms with van der Waals surface area (Å²) in [5, 5.41) is 17.6. The fourth-order valence-electron chi connectivity index (χ4n) is 1.76. The number of carboxylic acids is 1. The van der Waals surface area contributed by atoms with Crippen molar-refractivity contribution >= 4 is 23.8 Å². The zero-order valence-electron chi connectivity index (χ0n) is 10.7. The van der Waals surface area contributed by atoms with Crippen molar-refractivity contribution in [1.29, 1.82) is 5.26 Å². The van der Waals surface area contributed by atoms with Gasteiger partial charge in [0, 0.05) is 18.8 Å². The highest BCUT2D eigenvalue weighted by molar-refractivity contribution is 8.00. The smallest absolute Gasteiger partial charge is 0.327 e. The predicted molar refractivity (Wildman–Crippen MR) is 68.0 cm³/mol. The highest BCUT2D eigenvalue weighted by Crippen LogP contribution is 2.30. The second-order valence-corrected chi connectivity index (χ2v) is 5.65. The molecule has 6 nitrogen and oxygen atoms in total. The van der Waals surface area contributed by atoms with Gasteiger partial charge in [0.1, 0.15) is 6.04 Å². The van der Waals surface area contributed by atoms with Crippen molar-refractivity contribution < 1.29 is 14.7 Å². The fourth-order valence-corrected chi connectivity index (χ4v) is 2.92. The minimum atomic E-state index is -0.985. The Morgan fingerprint density at radius 3 is 2.78 bits per heavy atom. The number of rotatable bonds is 3. The van der Waals surface area contributed by atoms with Crippen molar-refractivity contribution in [3.63, 3.8) is 0 Å². The molecule has 0 spiro atoms. The van der Waals surface area contributed by atoms with Crippen molar-refractivity contribution in [2.75, 3.05) is 12.8 Å². The maximum Gasteiger partial charge on any atom is 0.327 e. The van der Waals surface area contributed by atoms with E-state index in [1.54, 1.807) is 14.0 Å². The molecule has 1 fully saturated rings. The number of amides is 2. The van der Waals surface area contributed by atoms with Crippen molar-refractivity contribution in [3.05, 3.63) is 0 Å². The summed E-state index contributed by atoms with van der Waals surface area (Å²) in [5.74, 6) is -0.579. The van der Waals surface area contributed by atoms with Crippen LogP contribution >= 0.6 is 11.8 Å². The Hall–Kier alpha value is -1.42. The fraction of sp³-hybridized carbons (Fsp3) is 0.727. The van der Waals surface area contributed by atoms with Crippen LogP contribution in [-0.4, -0.2) is 57.2 Å². The molecular weight excluding hydrogens is 254 g/mol. The van der Waals surface area contributed by atoms with E-state index in [1.807, 2.05) is 13.0 Å². The van der Waals surface area contributed by atoms with Crippen LogP contribution in [0.2, 0.25) is 0 Å². The molecule has 1 aliphatic heterocycles. The van der Waals surface area contributed by atoms with Crippen LogP contribution in [0.3, 0.4) is 0 Å². The van der Waals surface area contributed by atoms with E-state index in [9.17, 15) is 9.59 Å². The van der Waals surface area contributed by atoms with Gasteiger partial charge in [-0.2, -0.15) is 5.26 Å². The van der Waals surface area contributed by atoms with Gasteiger partial charge < -0.3 is 10.0 Å². The number of hydrogen-bond acceptors (Lipinski definition) is 4. The van der Waals surface area contributed by atoms with Gasteiger partial charge in [0.25, 0.3) is 0 Å². The van der Waals surface area contributed by atoms with Gasteiger partial charge in [-0.1, -0.05) is 0 Å². The first-order valence-corrected chi connectivity index (χ1v) is 6.71. The number of thioether (sulfide) groups is 1. The van der Waals surface area contributed by atoms with E-state index in [2.05, 4.69) is 0 Å². The molecule has 0 saturated carbocycles. The number of hydrogen-bond donors (Lipinski definition) is 1. The van der Waals surface area contributed by atoms with Crippen molar-refractivity contribution in [1.82, 2.24) is 9.80 Å². The average Bonchev–Trinajstić information content (AvgIpc) is 2.69. The Morgan fingerprint density at radius 1 is 1.67 bits per heavy atom. The molecule has 3 atom stereocenters. The third-order valence-electron chi connectivity index (χ3n) is 3.08. The van der Waals surface area contributed by atoms with Gasteiger partial charge in [0.05, 0.1) is 17.9 Å². The number of carbonyl (C=O) groups excluding carboxylic acids is 1. The van der Waals surface area contributed by atoms with Gasteiger partial charge in [-0.3, -0.25) is 4.90 Å². The number of carboxylic acid groups (broad SMARTS) is 1. The molecule has 3 unspecified atom stereocenters. The number of nitrogens with zero attached hydrogens (tertiary/aromatic N) is 3. The van der Waals surface area contributed by atoms with Crippen LogP contribution < -0.4 is 0 Å². The maximum absolute atomic E-state index is 12.3. The van der Waals surface area contributed by atoms with Gasteiger partial charge in [-0.05, 0) is 13.8 Å². The molecule has 0 aromatic carbocycles. The standard InChI is InChI=1S/C11H17N3O3S/c1-7(4-5-12)13(3)11(17)14-8(2)18-6-9(14)10(15)16/h7-9H,4,6H2,1-3H3,(H,15,16). The third kappa shape index (κ3) is 2.88. The second kappa shape index (κ2) is 5.96. The van der Waals surface area contributed by atoms with Gasteiger partial charge in [-0.25, -0.2) is 9.59 Å². The summed E-state index contributed by atoms with van der Waals surface area (Å²) in [6.45, 7) is 3.58. The molecule has 2 amide bonds. The van der Waals surface area contributed by atoms with E-state index in [0.717, 1.165) is 0 Å². The molecule has 100 valence electrons. The molecule has 18 heavy (non-hydrogen) atoms. The lowest BCUT2D eigenvalue weighted by molar-refractivity contribution is -0.141. The Kier molecular flexibility index (Phi) is 4.84. The Morgan fingerprint density at radius 2 is 2.28 bits per heavy atom. The molecule has 1 saturated heterocycles. The van der Waals surface area contributed by atoms with Gasteiger partial charge in [-0.15, -0.1) is 11.8 Å². The number of aliphatic carboxylic acids is 1. The van der Waals surface area contributed by atoms with Gasteiger partial charge >= 0.3 is 12.0 Å². The summed E-state index contributed by atoms with van der Waals surface area (Å²) in [5.41, 5.74) is 0. The lowest BCUT2D eigenvalue weighted by atomic mass is 10.2. The van der Waals surface area contributed by atoms with Crippen molar-refractivity contribution in [2.45, 2.75) is 37.7 Å². The number of urea groups is 1. The summed E-state index contributed by atoms with van der Waals surface area (Å²) < 4.78 is 0. The van der Waals surface area contributed by atoms with Crippen LogP contribution in [0.1, 0.15) is 20.3 Å². The first-order chi connectivity index (χ1) is 8.40. The number of carbonyl (C=O) groups is 2. The minimum absolute atomic E-state index is 0.157. The lowest BCUT2D eigenvalue weighted by Gasteiger charge is -2.32. The molecule has 1 aliphatic rings. The molecule has 1 rings (SSSR count). The lowest BCUT2D eigenvalue weighted by Crippen LogP contribution is -2.52. The molecule has 0 aromatic heterocycles.